The van der Waals surface area contributed by atoms with Crippen molar-refractivity contribution in [3.8, 4) is 17.2 Å². The van der Waals surface area contributed by atoms with Gasteiger partial charge in [0.2, 0.25) is 5.95 Å². The lowest BCUT2D eigenvalue weighted by atomic mass is 10.2. The molecular formula is C15H18N4O4. The van der Waals surface area contributed by atoms with Crippen LogP contribution in [0.15, 0.2) is 28.1 Å². The van der Waals surface area contributed by atoms with E-state index in [2.05, 4.69) is 20.5 Å². The largest absolute Gasteiger partial charge is 0.496 e. The van der Waals surface area contributed by atoms with Gasteiger partial charge in [0.15, 0.2) is 11.5 Å². The van der Waals surface area contributed by atoms with Crippen molar-refractivity contribution in [3.63, 3.8) is 0 Å². The number of rotatable bonds is 6. The number of methoxy groups -OCH3 is 3. The number of anilines is 1. The second-order valence-electron chi connectivity index (χ2n) is 4.55. The van der Waals surface area contributed by atoms with Crippen LogP contribution in [-0.4, -0.2) is 37.5 Å². The molecule has 2 N–H and O–H groups in total. The highest BCUT2D eigenvalue weighted by Gasteiger charge is 2.10. The summed E-state index contributed by atoms with van der Waals surface area (Å²) >= 11 is 0. The topological polar surface area (TPSA) is 97.8 Å². The molecule has 122 valence electrons. The van der Waals surface area contributed by atoms with Gasteiger partial charge in [-0.05, 0) is 13.0 Å². The number of hydrogen-bond acceptors (Lipinski definition) is 7. The van der Waals surface area contributed by atoms with Crippen molar-refractivity contribution < 1.29 is 14.2 Å². The van der Waals surface area contributed by atoms with E-state index in [1.54, 1.807) is 40.4 Å². The number of benzene rings is 1. The summed E-state index contributed by atoms with van der Waals surface area (Å²) in [4.78, 5) is 18.0. The molecule has 0 fully saturated rings. The van der Waals surface area contributed by atoms with Crippen LogP contribution in [0.2, 0.25) is 0 Å². The number of aryl methyl sites for hydroxylation is 1. The van der Waals surface area contributed by atoms with Crippen molar-refractivity contribution >= 4 is 12.2 Å². The third-order valence-corrected chi connectivity index (χ3v) is 2.98. The Kier molecular flexibility index (Phi) is 5.19. The third-order valence-electron chi connectivity index (χ3n) is 2.98. The van der Waals surface area contributed by atoms with Crippen LogP contribution in [0.1, 0.15) is 11.3 Å². The molecule has 0 radical (unpaired) electrons. The van der Waals surface area contributed by atoms with Crippen molar-refractivity contribution in [2.45, 2.75) is 6.92 Å². The van der Waals surface area contributed by atoms with Gasteiger partial charge in [-0.15, -0.1) is 0 Å². The van der Waals surface area contributed by atoms with Gasteiger partial charge < -0.3 is 14.2 Å². The van der Waals surface area contributed by atoms with Crippen LogP contribution in [-0.2, 0) is 0 Å². The van der Waals surface area contributed by atoms with Crippen LogP contribution in [0.5, 0.6) is 17.2 Å². The molecule has 0 aliphatic heterocycles. The average molecular weight is 318 g/mol. The second-order valence-corrected chi connectivity index (χ2v) is 4.55. The maximum absolute atomic E-state index is 11.4. The highest BCUT2D eigenvalue weighted by molar-refractivity contribution is 5.85. The van der Waals surface area contributed by atoms with Crippen molar-refractivity contribution in [1.82, 2.24) is 9.97 Å². The van der Waals surface area contributed by atoms with Crippen molar-refractivity contribution in [2.75, 3.05) is 26.8 Å². The molecule has 0 aliphatic carbocycles. The Morgan fingerprint density at radius 3 is 2.35 bits per heavy atom. The summed E-state index contributed by atoms with van der Waals surface area (Å²) in [5.74, 6) is 1.93. The molecule has 0 spiro atoms. The molecule has 0 unspecified atom stereocenters. The molecule has 2 aromatic rings. The minimum atomic E-state index is -0.251. The number of nitrogens with one attached hydrogen (secondary N) is 2. The molecule has 0 aliphatic rings. The van der Waals surface area contributed by atoms with Crippen LogP contribution < -0.4 is 25.2 Å². The Morgan fingerprint density at radius 1 is 1.09 bits per heavy atom. The average Bonchev–Trinajstić information content (AvgIpc) is 2.53. The molecule has 23 heavy (non-hydrogen) atoms. The van der Waals surface area contributed by atoms with E-state index in [9.17, 15) is 4.79 Å². The summed E-state index contributed by atoms with van der Waals surface area (Å²) < 4.78 is 15.8. The van der Waals surface area contributed by atoms with Crippen molar-refractivity contribution in [1.29, 1.82) is 0 Å². The van der Waals surface area contributed by atoms with Gasteiger partial charge in [0, 0.05) is 23.4 Å². The van der Waals surface area contributed by atoms with Crippen molar-refractivity contribution in [2.24, 2.45) is 5.10 Å². The maximum atomic E-state index is 11.4. The summed E-state index contributed by atoms with van der Waals surface area (Å²) in [6.07, 6.45) is 1.53. The first-order valence-electron chi connectivity index (χ1n) is 6.74. The van der Waals surface area contributed by atoms with Crippen LogP contribution in [0.3, 0.4) is 0 Å². The minimum absolute atomic E-state index is 0.251. The molecule has 2 rings (SSSR count). The highest BCUT2D eigenvalue weighted by Crippen LogP contribution is 2.33. The lowest BCUT2D eigenvalue weighted by Gasteiger charge is -2.11. The van der Waals surface area contributed by atoms with Gasteiger partial charge in [-0.25, -0.2) is 10.4 Å². The Hall–Kier alpha value is -3.03. The molecular weight excluding hydrogens is 300 g/mol. The van der Waals surface area contributed by atoms with Crippen molar-refractivity contribution in [3.05, 3.63) is 39.8 Å². The molecule has 1 heterocycles. The molecule has 0 saturated heterocycles. The van der Waals surface area contributed by atoms with E-state index in [0.29, 0.717) is 28.5 Å². The maximum Gasteiger partial charge on any atom is 0.252 e. The molecule has 0 bridgehead atoms. The van der Waals surface area contributed by atoms with Crippen LogP contribution in [0.25, 0.3) is 0 Å². The summed E-state index contributed by atoms with van der Waals surface area (Å²) in [7, 11) is 4.64. The first-order chi connectivity index (χ1) is 11.1. The number of aromatic nitrogens is 2. The SMILES string of the molecule is COc1cc(OC)c(OC)cc1/C=N\Nc1nc(C)cc(=O)[nH]1. The Balaban J connectivity index is 2.26. The first-order valence-corrected chi connectivity index (χ1v) is 6.74. The lowest BCUT2D eigenvalue weighted by Crippen LogP contribution is -2.10. The first kappa shape index (κ1) is 16.3. The van der Waals surface area contributed by atoms with Crippen LogP contribution >= 0.6 is 0 Å². The van der Waals surface area contributed by atoms with Crippen LogP contribution in [0.4, 0.5) is 5.95 Å². The van der Waals surface area contributed by atoms with Gasteiger partial charge in [-0.1, -0.05) is 0 Å². The smallest absolute Gasteiger partial charge is 0.252 e. The van der Waals surface area contributed by atoms with Gasteiger partial charge in [-0.3, -0.25) is 9.78 Å². The van der Waals surface area contributed by atoms with Gasteiger partial charge in [0.1, 0.15) is 5.75 Å². The zero-order valence-electron chi connectivity index (χ0n) is 13.3. The summed E-state index contributed by atoms with van der Waals surface area (Å²) in [6, 6.07) is 4.83. The molecule has 1 aromatic heterocycles. The number of hydrogen-bond donors (Lipinski definition) is 2. The van der Waals surface area contributed by atoms with E-state index in [1.807, 2.05) is 0 Å². The third kappa shape index (κ3) is 4.00. The van der Waals surface area contributed by atoms with E-state index in [4.69, 9.17) is 14.2 Å². The Labute approximate surface area is 133 Å². The number of aromatic amines is 1. The molecule has 8 heteroatoms. The van der Waals surface area contributed by atoms with E-state index < -0.39 is 0 Å². The zero-order chi connectivity index (χ0) is 16.8. The van der Waals surface area contributed by atoms with E-state index in [1.165, 1.54) is 12.3 Å². The molecule has 8 nitrogen and oxygen atoms in total. The number of hydrazone groups is 1. The van der Waals surface area contributed by atoms with Crippen LogP contribution in [0, 0.1) is 6.92 Å². The fraction of sp³-hybridized carbons (Fsp3) is 0.267. The standard InChI is InChI=1S/C15H18N4O4/c1-9-5-14(20)18-15(17-9)19-16-8-10-6-12(22-3)13(23-4)7-11(10)21-2/h5-8H,1-4H3,(H2,17,18,19,20)/b16-8-. The fourth-order valence-corrected chi connectivity index (χ4v) is 1.95. The van der Waals surface area contributed by atoms with E-state index >= 15 is 0 Å². The summed E-state index contributed by atoms with van der Waals surface area (Å²) in [5.41, 5.74) is 3.68. The predicted octanol–water partition coefficient (Wildman–Crippen LogP) is 1.55. The Morgan fingerprint density at radius 2 is 1.74 bits per heavy atom. The second kappa shape index (κ2) is 7.30. The molecule has 0 atom stereocenters. The number of ether oxygens (including phenoxy) is 3. The quantitative estimate of drug-likeness (QED) is 0.619. The minimum Gasteiger partial charge on any atom is -0.496 e. The lowest BCUT2D eigenvalue weighted by molar-refractivity contribution is 0.349. The highest BCUT2D eigenvalue weighted by atomic mass is 16.5. The summed E-state index contributed by atoms with van der Waals surface area (Å²) in [6.45, 7) is 1.72. The Bertz CT molecular complexity index is 771. The van der Waals surface area contributed by atoms with Gasteiger partial charge >= 0.3 is 0 Å². The summed E-state index contributed by atoms with van der Waals surface area (Å²) in [5, 5.41) is 4.05. The van der Waals surface area contributed by atoms with E-state index in [-0.39, 0.29) is 11.5 Å². The van der Waals surface area contributed by atoms with E-state index in [0.717, 1.165) is 0 Å². The normalized spacial score (nSPS) is 10.6. The molecule has 1 aromatic carbocycles. The monoisotopic (exact) mass is 318 g/mol. The predicted molar refractivity (Wildman–Crippen MR) is 86.9 cm³/mol. The van der Waals surface area contributed by atoms with Gasteiger partial charge in [0.25, 0.3) is 5.56 Å². The molecule has 0 amide bonds. The molecule has 0 saturated carbocycles. The number of nitrogens with zero attached hydrogens (tertiary/aromatic N) is 2. The number of H-pyrrole nitrogens is 1. The zero-order valence-corrected chi connectivity index (χ0v) is 13.3. The fourth-order valence-electron chi connectivity index (χ4n) is 1.95. The van der Waals surface area contributed by atoms with Gasteiger partial charge in [0.05, 0.1) is 27.5 Å². The van der Waals surface area contributed by atoms with Gasteiger partial charge in [-0.2, -0.15) is 5.10 Å².